The number of hydrogen-bond donors (Lipinski definition) is 0. The van der Waals surface area contributed by atoms with E-state index in [1.165, 1.54) is 4.90 Å². The van der Waals surface area contributed by atoms with E-state index in [0.29, 0.717) is 11.8 Å². The molecule has 4 atom stereocenters. The highest BCUT2D eigenvalue weighted by molar-refractivity contribution is 9.10. The number of aryl methyl sites for hydroxylation is 2. The Balaban J connectivity index is 1.79. The third kappa shape index (κ3) is 1.71. The molecule has 0 N–H and O–H groups in total. The molecular weight excluding hydrogens is 330 g/mol. The van der Waals surface area contributed by atoms with Crippen molar-refractivity contribution < 1.29 is 9.59 Å². The summed E-state index contributed by atoms with van der Waals surface area (Å²) in [5, 5.41) is 0. The zero-order chi connectivity index (χ0) is 14.9. The predicted molar refractivity (Wildman–Crippen MR) is 83.9 cm³/mol. The average molecular weight is 348 g/mol. The van der Waals surface area contributed by atoms with Gasteiger partial charge in [-0.1, -0.05) is 15.9 Å². The van der Waals surface area contributed by atoms with Crippen LogP contribution in [-0.2, 0) is 9.59 Å². The molecule has 1 aliphatic heterocycles. The Morgan fingerprint density at radius 2 is 1.57 bits per heavy atom. The summed E-state index contributed by atoms with van der Waals surface area (Å²) in [6, 6.07) is 3.95. The van der Waals surface area contributed by atoms with Crippen molar-refractivity contribution in [3.05, 3.63) is 27.7 Å². The van der Waals surface area contributed by atoms with Crippen LogP contribution in [0, 0.1) is 37.5 Å². The molecule has 2 aliphatic carbocycles. The van der Waals surface area contributed by atoms with Gasteiger partial charge in [0.25, 0.3) is 0 Å². The molecule has 0 aromatic heterocycles. The number of halogens is 1. The lowest BCUT2D eigenvalue weighted by atomic mass is 9.81. The summed E-state index contributed by atoms with van der Waals surface area (Å²) in [7, 11) is 0. The number of nitrogens with zero attached hydrogens (tertiary/aromatic N) is 1. The van der Waals surface area contributed by atoms with Crippen molar-refractivity contribution in [2.24, 2.45) is 23.7 Å². The van der Waals surface area contributed by atoms with E-state index in [1.807, 2.05) is 26.0 Å². The lowest BCUT2D eigenvalue weighted by molar-refractivity contribution is -0.123. The molecule has 4 heteroatoms. The first-order valence-electron chi connectivity index (χ1n) is 7.63. The topological polar surface area (TPSA) is 37.4 Å². The smallest absolute Gasteiger partial charge is 0.237 e. The SMILES string of the molecule is Cc1cc(N2C(=O)C3C4CCC(C4)C3C2=O)c(C)cc1Br. The van der Waals surface area contributed by atoms with Gasteiger partial charge in [-0.15, -0.1) is 0 Å². The van der Waals surface area contributed by atoms with Crippen LogP contribution >= 0.6 is 15.9 Å². The van der Waals surface area contributed by atoms with Gasteiger partial charge in [0.05, 0.1) is 17.5 Å². The highest BCUT2D eigenvalue weighted by Crippen LogP contribution is 2.56. The minimum absolute atomic E-state index is 0.0420. The molecular formula is C17H18BrNO2. The maximum atomic E-state index is 12.8. The van der Waals surface area contributed by atoms with Gasteiger partial charge in [-0.3, -0.25) is 9.59 Å². The standard InChI is InChI=1S/C17H18BrNO2/c1-8-6-13(9(2)5-12(8)18)19-16(20)14-10-3-4-11(7-10)15(14)17(19)21/h5-6,10-11,14-15H,3-4,7H2,1-2H3. The van der Waals surface area contributed by atoms with Crippen LogP contribution in [0.1, 0.15) is 30.4 Å². The average Bonchev–Trinajstić information content (AvgIpc) is 3.09. The second-order valence-electron chi connectivity index (χ2n) is 6.78. The maximum Gasteiger partial charge on any atom is 0.237 e. The Bertz CT molecular complexity index is 641. The van der Waals surface area contributed by atoms with Crippen LogP contribution in [0.25, 0.3) is 0 Å². The van der Waals surface area contributed by atoms with Gasteiger partial charge in [0.1, 0.15) is 0 Å². The fourth-order valence-electron chi connectivity index (χ4n) is 4.65. The van der Waals surface area contributed by atoms with Crippen LogP contribution < -0.4 is 4.90 Å². The zero-order valence-electron chi connectivity index (χ0n) is 12.2. The number of carbonyl (C=O) groups excluding carboxylic acids is 2. The highest BCUT2D eigenvalue weighted by Gasteiger charge is 2.61. The lowest BCUT2D eigenvalue weighted by Gasteiger charge is -2.20. The number of carbonyl (C=O) groups is 2. The van der Waals surface area contributed by atoms with Crippen LogP contribution in [0.4, 0.5) is 5.69 Å². The number of imide groups is 1. The second kappa shape index (κ2) is 4.42. The van der Waals surface area contributed by atoms with Crippen LogP contribution in [0.5, 0.6) is 0 Å². The third-order valence-corrected chi connectivity index (χ3v) is 6.50. The van der Waals surface area contributed by atoms with E-state index >= 15 is 0 Å². The number of anilines is 1. The van der Waals surface area contributed by atoms with Gasteiger partial charge in [0.2, 0.25) is 11.8 Å². The first-order chi connectivity index (χ1) is 9.99. The summed E-state index contributed by atoms with van der Waals surface area (Å²) >= 11 is 3.51. The van der Waals surface area contributed by atoms with Gasteiger partial charge in [-0.2, -0.15) is 0 Å². The fourth-order valence-corrected chi connectivity index (χ4v) is 5.11. The van der Waals surface area contributed by atoms with E-state index in [9.17, 15) is 9.59 Å². The summed E-state index contributed by atoms with van der Waals surface area (Å²) < 4.78 is 1.02. The number of amides is 2. The van der Waals surface area contributed by atoms with E-state index in [-0.39, 0.29) is 23.7 Å². The molecule has 21 heavy (non-hydrogen) atoms. The molecule has 0 spiro atoms. The van der Waals surface area contributed by atoms with E-state index in [1.54, 1.807) is 0 Å². The van der Waals surface area contributed by atoms with Gasteiger partial charge in [0.15, 0.2) is 0 Å². The molecule has 4 unspecified atom stereocenters. The molecule has 2 bridgehead atoms. The normalized spacial score (nSPS) is 34.0. The number of benzene rings is 1. The van der Waals surface area contributed by atoms with E-state index in [4.69, 9.17) is 0 Å². The molecule has 1 heterocycles. The van der Waals surface area contributed by atoms with Crippen molar-refractivity contribution in [1.29, 1.82) is 0 Å². The monoisotopic (exact) mass is 347 g/mol. The van der Waals surface area contributed by atoms with Gasteiger partial charge in [-0.25, -0.2) is 4.90 Å². The molecule has 2 saturated carbocycles. The summed E-state index contributed by atoms with van der Waals surface area (Å²) in [6.07, 6.45) is 3.33. The summed E-state index contributed by atoms with van der Waals surface area (Å²) in [5.74, 6) is 0.889. The lowest BCUT2D eigenvalue weighted by Crippen LogP contribution is -2.33. The molecule has 2 amide bonds. The molecule has 3 aliphatic rings. The molecule has 1 aromatic carbocycles. The fraction of sp³-hybridized carbons (Fsp3) is 0.529. The highest BCUT2D eigenvalue weighted by atomic mass is 79.9. The molecule has 3 nitrogen and oxygen atoms in total. The maximum absolute atomic E-state index is 12.8. The second-order valence-corrected chi connectivity index (χ2v) is 7.64. The molecule has 1 saturated heterocycles. The largest absolute Gasteiger partial charge is 0.274 e. The van der Waals surface area contributed by atoms with Crippen LogP contribution in [-0.4, -0.2) is 11.8 Å². The van der Waals surface area contributed by atoms with Gasteiger partial charge >= 0.3 is 0 Å². The van der Waals surface area contributed by atoms with Crippen molar-refractivity contribution in [3.8, 4) is 0 Å². The van der Waals surface area contributed by atoms with E-state index < -0.39 is 0 Å². The van der Waals surface area contributed by atoms with E-state index in [2.05, 4.69) is 15.9 Å². The molecule has 0 radical (unpaired) electrons. The molecule has 3 fully saturated rings. The summed E-state index contributed by atoms with van der Waals surface area (Å²) in [6.45, 7) is 3.95. The van der Waals surface area contributed by atoms with Gasteiger partial charge in [0, 0.05) is 4.47 Å². The first-order valence-corrected chi connectivity index (χ1v) is 8.43. The van der Waals surface area contributed by atoms with Crippen LogP contribution in [0.15, 0.2) is 16.6 Å². The van der Waals surface area contributed by atoms with Crippen molar-refractivity contribution >= 4 is 33.4 Å². The van der Waals surface area contributed by atoms with E-state index in [0.717, 1.165) is 40.5 Å². The predicted octanol–water partition coefficient (Wildman–Crippen LogP) is 3.60. The quantitative estimate of drug-likeness (QED) is 0.728. The van der Waals surface area contributed by atoms with Crippen molar-refractivity contribution in [1.82, 2.24) is 0 Å². The number of rotatable bonds is 1. The van der Waals surface area contributed by atoms with Crippen LogP contribution in [0.3, 0.4) is 0 Å². The van der Waals surface area contributed by atoms with Gasteiger partial charge in [-0.05, 0) is 68.2 Å². The Hall–Kier alpha value is -1.16. The summed E-state index contributed by atoms with van der Waals surface area (Å²) in [5.41, 5.74) is 2.80. The zero-order valence-corrected chi connectivity index (χ0v) is 13.8. The van der Waals surface area contributed by atoms with Gasteiger partial charge < -0.3 is 0 Å². The third-order valence-electron chi connectivity index (χ3n) is 5.65. The Labute approximate surface area is 132 Å². The Morgan fingerprint density at radius 1 is 1.00 bits per heavy atom. The Kier molecular flexibility index (Phi) is 2.84. The summed E-state index contributed by atoms with van der Waals surface area (Å²) in [4.78, 5) is 27.1. The van der Waals surface area contributed by atoms with Crippen molar-refractivity contribution in [3.63, 3.8) is 0 Å². The van der Waals surface area contributed by atoms with Crippen molar-refractivity contribution in [2.75, 3.05) is 4.90 Å². The minimum atomic E-state index is -0.0420. The minimum Gasteiger partial charge on any atom is -0.274 e. The van der Waals surface area contributed by atoms with Crippen LogP contribution in [0.2, 0.25) is 0 Å². The molecule has 1 aromatic rings. The molecule has 4 rings (SSSR count). The Morgan fingerprint density at radius 3 is 2.14 bits per heavy atom. The van der Waals surface area contributed by atoms with Crippen molar-refractivity contribution in [2.45, 2.75) is 33.1 Å². The first kappa shape index (κ1) is 13.5. The molecule has 110 valence electrons. The number of fused-ring (bicyclic) bond motifs is 5. The number of hydrogen-bond acceptors (Lipinski definition) is 2.